The van der Waals surface area contributed by atoms with E-state index < -0.39 is 31.3 Å². The van der Waals surface area contributed by atoms with Crippen LogP contribution in [0.3, 0.4) is 0 Å². The summed E-state index contributed by atoms with van der Waals surface area (Å²) in [5.74, 6) is -1.45. The van der Waals surface area contributed by atoms with Crippen molar-refractivity contribution in [1.82, 2.24) is 9.80 Å². The Morgan fingerprint density at radius 3 is 2.50 bits per heavy atom. The van der Waals surface area contributed by atoms with Gasteiger partial charge in [-0.05, 0) is 25.7 Å². The molecule has 1 fully saturated rings. The fourth-order valence-electron chi connectivity index (χ4n) is 2.43. The number of alkyl halides is 3. The Morgan fingerprint density at radius 1 is 1.35 bits per heavy atom. The van der Waals surface area contributed by atoms with E-state index in [0.717, 1.165) is 19.3 Å². The molecular weight excluding hydrogens is 277 g/mol. The van der Waals surface area contributed by atoms with Gasteiger partial charge >= 0.3 is 18.2 Å². The van der Waals surface area contributed by atoms with Gasteiger partial charge in [0.05, 0.1) is 0 Å². The fourth-order valence-corrected chi connectivity index (χ4v) is 2.43. The van der Waals surface area contributed by atoms with Crippen LogP contribution in [0.1, 0.15) is 32.6 Å². The summed E-state index contributed by atoms with van der Waals surface area (Å²) in [4.78, 5) is 24.6. The number of likely N-dealkylation sites (tertiary alicyclic amines) is 1. The lowest BCUT2D eigenvalue weighted by Gasteiger charge is -2.38. The van der Waals surface area contributed by atoms with E-state index in [1.807, 2.05) is 6.92 Å². The number of amides is 2. The van der Waals surface area contributed by atoms with Crippen LogP contribution in [0.4, 0.5) is 18.0 Å². The Labute approximate surface area is 115 Å². The zero-order valence-electron chi connectivity index (χ0n) is 11.3. The molecule has 116 valence electrons. The summed E-state index contributed by atoms with van der Waals surface area (Å²) in [5, 5.41) is 8.67. The molecular formula is C12H19F3N2O3. The van der Waals surface area contributed by atoms with Crippen LogP contribution in [0.2, 0.25) is 0 Å². The van der Waals surface area contributed by atoms with Gasteiger partial charge in [0.1, 0.15) is 13.1 Å². The summed E-state index contributed by atoms with van der Waals surface area (Å²) in [6.07, 6.45) is -1.55. The first kappa shape index (κ1) is 16.6. The van der Waals surface area contributed by atoms with Gasteiger partial charge < -0.3 is 14.9 Å². The third-order valence-electron chi connectivity index (χ3n) is 3.31. The molecule has 1 heterocycles. The van der Waals surface area contributed by atoms with E-state index in [2.05, 4.69) is 0 Å². The molecule has 0 bridgehead atoms. The highest BCUT2D eigenvalue weighted by Crippen LogP contribution is 2.23. The zero-order valence-corrected chi connectivity index (χ0v) is 11.3. The number of carbonyl (C=O) groups is 2. The highest BCUT2D eigenvalue weighted by molar-refractivity contribution is 5.80. The molecule has 1 aliphatic heterocycles. The van der Waals surface area contributed by atoms with E-state index in [1.165, 1.54) is 4.90 Å². The Kier molecular flexibility index (Phi) is 5.64. The molecule has 8 heteroatoms. The summed E-state index contributed by atoms with van der Waals surface area (Å²) in [6.45, 7) is -0.233. The summed E-state index contributed by atoms with van der Waals surface area (Å²) in [6, 6.07) is -0.947. The predicted molar refractivity (Wildman–Crippen MR) is 65.3 cm³/mol. The molecule has 1 atom stereocenters. The Bertz CT molecular complexity index is 360. The van der Waals surface area contributed by atoms with Crippen LogP contribution in [-0.2, 0) is 4.79 Å². The van der Waals surface area contributed by atoms with E-state index in [0.29, 0.717) is 17.9 Å². The standard InChI is InChI=1S/C12H19F3N2O3/c1-2-9-5-3-4-6-17(9)11(20)16(7-10(18)19)8-12(13,14)15/h9H,2-8H2,1H3,(H,18,19). The van der Waals surface area contributed by atoms with Gasteiger partial charge in [0.25, 0.3) is 0 Å². The SMILES string of the molecule is CCC1CCCCN1C(=O)N(CC(=O)O)CC(F)(F)F. The summed E-state index contributed by atoms with van der Waals surface area (Å²) in [7, 11) is 0. The van der Waals surface area contributed by atoms with Crippen molar-refractivity contribution in [3.05, 3.63) is 0 Å². The van der Waals surface area contributed by atoms with Crippen molar-refractivity contribution in [2.24, 2.45) is 0 Å². The van der Waals surface area contributed by atoms with E-state index in [4.69, 9.17) is 5.11 Å². The average molecular weight is 296 g/mol. The monoisotopic (exact) mass is 296 g/mol. The first-order valence-electron chi connectivity index (χ1n) is 6.58. The molecule has 0 saturated carbocycles. The number of aliphatic carboxylic acids is 1. The molecule has 0 aromatic heterocycles. The van der Waals surface area contributed by atoms with E-state index in [9.17, 15) is 22.8 Å². The number of halogens is 3. The molecule has 1 rings (SSSR count). The third kappa shape index (κ3) is 4.90. The number of carboxylic acid groups (broad SMARTS) is 1. The molecule has 0 spiro atoms. The maximum Gasteiger partial charge on any atom is 0.406 e. The smallest absolute Gasteiger partial charge is 0.406 e. The Balaban J connectivity index is 2.82. The summed E-state index contributed by atoms with van der Waals surface area (Å²) in [5.41, 5.74) is 0. The molecule has 5 nitrogen and oxygen atoms in total. The average Bonchev–Trinajstić information content (AvgIpc) is 2.35. The molecule has 1 N–H and O–H groups in total. The zero-order chi connectivity index (χ0) is 15.3. The molecule has 0 aromatic carbocycles. The lowest BCUT2D eigenvalue weighted by Crippen LogP contribution is -2.53. The number of nitrogens with zero attached hydrogens (tertiary/aromatic N) is 2. The molecule has 20 heavy (non-hydrogen) atoms. The lowest BCUT2D eigenvalue weighted by atomic mass is 10.0. The van der Waals surface area contributed by atoms with E-state index >= 15 is 0 Å². The van der Waals surface area contributed by atoms with Gasteiger partial charge in [0, 0.05) is 12.6 Å². The Morgan fingerprint density at radius 2 is 2.00 bits per heavy atom. The van der Waals surface area contributed by atoms with Crippen LogP contribution in [-0.4, -0.2) is 58.8 Å². The number of urea groups is 1. The lowest BCUT2D eigenvalue weighted by molar-refractivity contribution is -0.150. The van der Waals surface area contributed by atoms with Crippen molar-refractivity contribution < 1.29 is 27.9 Å². The van der Waals surface area contributed by atoms with Crippen molar-refractivity contribution in [3.8, 4) is 0 Å². The van der Waals surface area contributed by atoms with E-state index in [1.54, 1.807) is 0 Å². The second kappa shape index (κ2) is 6.81. The molecule has 1 aliphatic rings. The predicted octanol–water partition coefficient (Wildman–Crippen LogP) is 2.32. The number of hydrogen-bond acceptors (Lipinski definition) is 2. The van der Waals surface area contributed by atoms with Gasteiger partial charge in [-0.15, -0.1) is 0 Å². The van der Waals surface area contributed by atoms with Crippen molar-refractivity contribution >= 4 is 12.0 Å². The number of hydrogen-bond donors (Lipinski definition) is 1. The van der Waals surface area contributed by atoms with Crippen LogP contribution in [0, 0.1) is 0 Å². The summed E-state index contributed by atoms with van der Waals surface area (Å²) >= 11 is 0. The molecule has 0 aliphatic carbocycles. The minimum Gasteiger partial charge on any atom is -0.480 e. The van der Waals surface area contributed by atoms with Gasteiger partial charge in [0.15, 0.2) is 0 Å². The van der Waals surface area contributed by atoms with Crippen LogP contribution in [0.5, 0.6) is 0 Å². The van der Waals surface area contributed by atoms with E-state index in [-0.39, 0.29) is 6.04 Å². The van der Waals surface area contributed by atoms with Gasteiger partial charge in [-0.3, -0.25) is 4.79 Å². The molecule has 0 aromatic rings. The normalized spacial score (nSPS) is 19.8. The molecule has 1 saturated heterocycles. The highest BCUT2D eigenvalue weighted by atomic mass is 19.4. The second-order valence-electron chi connectivity index (χ2n) is 4.90. The first-order chi connectivity index (χ1) is 9.24. The van der Waals surface area contributed by atoms with Crippen LogP contribution in [0.25, 0.3) is 0 Å². The first-order valence-corrected chi connectivity index (χ1v) is 6.58. The third-order valence-corrected chi connectivity index (χ3v) is 3.31. The highest BCUT2D eigenvalue weighted by Gasteiger charge is 2.37. The summed E-state index contributed by atoms with van der Waals surface area (Å²) < 4.78 is 37.4. The molecule has 0 radical (unpaired) electrons. The van der Waals surface area contributed by atoms with Crippen molar-refractivity contribution in [2.45, 2.75) is 44.8 Å². The fraction of sp³-hybridized carbons (Fsp3) is 0.833. The minimum atomic E-state index is -4.61. The molecule has 2 amide bonds. The largest absolute Gasteiger partial charge is 0.480 e. The quantitative estimate of drug-likeness (QED) is 0.866. The van der Waals surface area contributed by atoms with Gasteiger partial charge in [0.2, 0.25) is 0 Å². The van der Waals surface area contributed by atoms with Gasteiger partial charge in [-0.2, -0.15) is 13.2 Å². The van der Waals surface area contributed by atoms with Crippen molar-refractivity contribution in [3.63, 3.8) is 0 Å². The van der Waals surface area contributed by atoms with Crippen LogP contribution < -0.4 is 0 Å². The van der Waals surface area contributed by atoms with Crippen LogP contribution in [0.15, 0.2) is 0 Å². The van der Waals surface area contributed by atoms with Gasteiger partial charge in [-0.1, -0.05) is 6.92 Å². The number of piperidine rings is 1. The molecule has 1 unspecified atom stereocenters. The maximum absolute atomic E-state index is 12.5. The number of carbonyl (C=O) groups excluding carboxylic acids is 1. The Hall–Kier alpha value is -1.47. The van der Waals surface area contributed by atoms with Gasteiger partial charge in [-0.25, -0.2) is 4.79 Å². The van der Waals surface area contributed by atoms with Crippen molar-refractivity contribution in [2.75, 3.05) is 19.6 Å². The number of carboxylic acids is 1. The minimum absolute atomic E-state index is 0.110. The van der Waals surface area contributed by atoms with Crippen LogP contribution >= 0.6 is 0 Å². The second-order valence-corrected chi connectivity index (χ2v) is 4.90. The van der Waals surface area contributed by atoms with Crippen molar-refractivity contribution in [1.29, 1.82) is 0 Å². The topological polar surface area (TPSA) is 60.9 Å². The number of rotatable bonds is 4. The maximum atomic E-state index is 12.5.